The number of guanidine groups is 1. The van der Waals surface area contributed by atoms with E-state index in [0.717, 1.165) is 24.2 Å². The van der Waals surface area contributed by atoms with E-state index in [2.05, 4.69) is 20.5 Å². The molecule has 0 aromatic heterocycles. The lowest BCUT2D eigenvalue weighted by Crippen LogP contribution is -2.46. The van der Waals surface area contributed by atoms with Crippen LogP contribution >= 0.6 is 24.0 Å². The molecule has 0 amide bonds. The Labute approximate surface area is 187 Å². The van der Waals surface area contributed by atoms with Crippen LogP contribution in [0, 0.1) is 11.6 Å². The fourth-order valence-corrected chi connectivity index (χ4v) is 3.23. The Kier molecular flexibility index (Phi) is 9.75. The number of hydrogen-bond acceptors (Lipinski definition) is 3. The van der Waals surface area contributed by atoms with Gasteiger partial charge in [0.15, 0.2) is 5.96 Å². The van der Waals surface area contributed by atoms with Gasteiger partial charge in [0, 0.05) is 33.2 Å². The number of rotatable bonds is 6. The van der Waals surface area contributed by atoms with Gasteiger partial charge < -0.3 is 15.4 Å². The van der Waals surface area contributed by atoms with Crippen molar-refractivity contribution < 1.29 is 13.5 Å². The number of aliphatic imine (C=N–C) groups is 1. The number of nitrogens with zero attached hydrogens (tertiary/aromatic N) is 2. The van der Waals surface area contributed by atoms with Crippen LogP contribution in [0.5, 0.6) is 0 Å². The fraction of sp³-hybridized carbons (Fsp3) is 0.381. The van der Waals surface area contributed by atoms with E-state index in [-0.39, 0.29) is 41.7 Å². The maximum atomic E-state index is 13.3. The first-order valence-electron chi connectivity index (χ1n) is 9.42. The number of benzene rings is 2. The summed E-state index contributed by atoms with van der Waals surface area (Å²) in [6.07, 6.45) is 0. The smallest absolute Gasteiger partial charge is 0.191 e. The van der Waals surface area contributed by atoms with Gasteiger partial charge in [-0.1, -0.05) is 24.3 Å². The molecule has 2 N–H and O–H groups in total. The van der Waals surface area contributed by atoms with E-state index in [9.17, 15) is 8.78 Å². The van der Waals surface area contributed by atoms with E-state index in [1.807, 2.05) is 12.1 Å². The molecule has 1 aliphatic rings. The van der Waals surface area contributed by atoms with Gasteiger partial charge in [0.05, 0.1) is 19.3 Å². The van der Waals surface area contributed by atoms with E-state index in [1.54, 1.807) is 19.2 Å². The average molecular weight is 516 g/mol. The lowest BCUT2D eigenvalue weighted by atomic mass is 10.0. The maximum Gasteiger partial charge on any atom is 0.191 e. The molecular formula is C21H27F2IN4O. The zero-order valence-electron chi connectivity index (χ0n) is 16.4. The minimum absolute atomic E-state index is 0. The summed E-state index contributed by atoms with van der Waals surface area (Å²) in [5.41, 5.74) is 2.01. The van der Waals surface area contributed by atoms with Crippen LogP contribution in [0.25, 0.3) is 0 Å². The summed E-state index contributed by atoms with van der Waals surface area (Å²) >= 11 is 0. The molecule has 158 valence electrons. The minimum Gasteiger partial charge on any atom is -0.379 e. The summed E-state index contributed by atoms with van der Waals surface area (Å²) in [5, 5.41) is 6.59. The third kappa shape index (κ3) is 7.20. The van der Waals surface area contributed by atoms with Crippen molar-refractivity contribution in [3.8, 4) is 0 Å². The number of nitrogens with one attached hydrogen (secondary N) is 2. The van der Waals surface area contributed by atoms with Gasteiger partial charge >= 0.3 is 0 Å². The quantitative estimate of drug-likeness (QED) is 0.352. The van der Waals surface area contributed by atoms with Crippen LogP contribution in [0.4, 0.5) is 8.78 Å². The molecule has 1 atom stereocenters. The van der Waals surface area contributed by atoms with Gasteiger partial charge in [-0.25, -0.2) is 8.78 Å². The van der Waals surface area contributed by atoms with Gasteiger partial charge in [-0.2, -0.15) is 0 Å². The molecule has 29 heavy (non-hydrogen) atoms. The summed E-state index contributed by atoms with van der Waals surface area (Å²) in [5.74, 6) is 0.165. The Morgan fingerprint density at radius 1 is 1.00 bits per heavy atom. The van der Waals surface area contributed by atoms with Crippen LogP contribution in [0.1, 0.15) is 17.2 Å². The summed E-state index contributed by atoms with van der Waals surface area (Å²) in [6, 6.07) is 13.1. The number of morpholine rings is 1. The zero-order valence-corrected chi connectivity index (χ0v) is 18.7. The highest BCUT2D eigenvalue weighted by Gasteiger charge is 2.23. The molecule has 2 aromatic rings. The predicted molar refractivity (Wildman–Crippen MR) is 122 cm³/mol. The highest BCUT2D eigenvalue weighted by molar-refractivity contribution is 14.0. The van der Waals surface area contributed by atoms with Crippen molar-refractivity contribution in [2.45, 2.75) is 12.6 Å². The zero-order chi connectivity index (χ0) is 19.8. The molecule has 3 rings (SSSR count). The molecule has 0 spiro atoms. The van der Waals surface area contributed by atoms with Crippen molar-refractivity contribution >= 4 is 29.9 Å². The normalized spacial score (nSPS) is 16.0. The Morgan fingerprint density at radius 2 is 1.59 bits per heavy atom. The molecule has 1 aliphatic heterocycles. The lowest BCUT2D eigenvalue weighted by molar-refractivity contribution is 0.0170. The van der Waals surface area contributed by atoms with Gasteiger partial charge in [0.25, 0.3) is 0 Å². The van der Waals surface area contributed by atoms with Crippen LogP contribution in [0.3, 0.4) is 0 Å². The van der Waals surface area contributed by atoms with Gasteiger partial charge in [-0.05, 0) is 35.4 Å². The number of hydrogen-bond donors (Lipinski definition) is 2. The molecule has 1 heterocycles. The molecule has 1 saturated heterocycles. The molecule has 8 heteroatoms. The molecule has 1 unspecified atom stereocenters. The fourth-order valence-electron chi connectivity index (χ4n) is 3.23. The van der Waals surface area contributed by atoms with Crippen molar-refractivity contribution in [2.75, 3.05) is 39.9 Å². The van der Waals surface area contributed by atoms with Crippen molar-refractivity contribution in [1.29, 1.82) is 0 Å². The van der Waals surface area contributed by atoms with Crippen molar-refractivity contribution in [3.05, 3.63) is 71.3 Å². The molecule has 0 radical (unpaired) electrons. The summed E-state index contributed by atoms with van der Waals surface area (Å²) in [6.45, 7) is 4.19. The number of halogens is 3. The van der Waals surface area contributed by atoms with Crippen molar-refractivity contribution in [1.82, 2.24) is 15.5 Å². The predicted octanol–water partition coefficient (Wildman–Crippen LogP) is 3.32. The monoisotopic (exact) mass is 516 g/mol. The summed E-state index contributed by atoms with van der Waals surface area (Å²) in [7, 11) is 1.71. The van der Waals surface area contributed by atoms with Gasteiger partial charge in [0.2, 0.25) is 0 Å². The average Bonchev–Trinajstić information content (AvgIpc) is 2.73. The van der Waals surface area contributed by atoms with Crippen LogP contribution in [-0.4, -0.2) is 50.8 Å². The van der Waals surface area contributed by atoms with E-state index >= 15 is 0 Å². The lowest BCUT2D eigenvalue weighted by Gasteiger charge is -2.35. The molecule has 0 saturated carbocycles. The third-order valence-corrected chi connectivity index (χ3v) is 4.80. The Morgan fingerprint density at radius 3 is 2.17 bits per heavy atom. The number of ether oxygens (including phenoxy) is 1. The van der Waals surface area contributed by atoms with E-state index in [0.29, 0.717) is 32.3 Å². The second-order valence-electron chi connectivity index (χ2n) is 6.65. The van der Waals surface area contributed by atoms with Crippen LogP contribution < -0.4 is 10.6 Å². The summed E-state index contributed by atoms with van der Waals surface area (Å²) in [4.78, 5) is 6.59. The molecular weight excluding hydrogens is 489 g/mol. The maximum absolute atomic E-state index is 13.3. The van der Waals surface area contributed by atoms with E-state index < -0.39 is 0 Å². The van der Waals surface area contributed by atoms with Gasteiger partial charge in [0.1, 0.15) is 11.6 Å². The topological polar surface area (TPSA) is 48.9 Å². The Bertz CT molecular complexity index is 765. The Balaban J connectivity index is 0.00000300. The van der Waals surface area contributed by atoms with Crippen LogP contribution in [0.15, 0.2) is 53.5 Å². The second-order valence-corrected chi connectivity index (χ2v) is 6.65. The first-order valence-corrected chi connectivity index (χ1v) is 9.42. The first kappa shape index (κ1) is 23.5. The molecule has 0 bridgehead atoms. The highest BCUT2D eigenvalue weighted by atomic mass is 127. The summed E-state index contributed by atoms with van der Waals surface area (Å²) < 4.78 is 31.8. The first-order chi connectivity index (χ1) is 13.7. The van der Waals surface area contributed by atoms with E-state index in [4.69, 9.17) is 4.74 Å². The molecule has 5 nitrogen and oxygen atoms in total. The van der Waals surface area contributed by atoms with Crippen LogP contribution in [0.2, 0.25) is 0 Å². The van der Waals surface area contributed by atoms with Crippen LogP contribution in [-0.2, 0) is 11.3 Å². The van der Waals surface area contributed by atoms with Crippen molar-refractivity contribution in [2.24, 2.45) is 4.99 Å². The van der Waals surface area contributed by atoms with E-state index in [1.165, 1.54) is 24.3 Å². The van der Waals surface area contributed by atoms with Gasteiger partial charge in [-0.3, -0.25) is 9.89 Å². The third-order valence-electron chi connectivity index (χ3n) is 4.80. The second kappa shape index (κ2) is 12.0. The minimum atomic E-state index is -0.251. The molecule has 2 aromatic carbocycles. The SMILES string of the molecule is CN=C(NCc1ccc(F)cc1)NCC(c1ccc(F)cc1)N1CCOCC1.I. The van der Waals surface area contributed by atoms with Crippen molar-refractivity contribution in [3.63, 3.8) is 0 Å². The molecule has 1 fully saturated rings. The highest BCUT2D eigenvalue weighted by Crippen LogP contribution is 2.21. The Hall–Kier alpha value is -1.78. The standard InChI is InChI=1S/C21H26F2N4O.HI/c1-24-21(25-14-16-2-6-18(22)7-3-16)26-15-20(27-10-12-28-13-11-27)17-4-8-19(23)9-5-17;/h2-9,20H,10-15H2,1H3,(H2,24,25,26);1H. The largest absolute Gasteiger partial charge is 0.379 e. The molecule has 0 aliphatic carbocycles. The van der Waals surface area contributed by atoms with Gasteiger partial charge in [-0.15, -0.1) is 24.0 Å².